The van der Waals surface area contributed by atoms with Gasteiger partial charge in [0.15, 0.2) is 34.9 Å². The zero-order valence-corrected chi connectivity index (χ0v) is 60.9. The molecule has 0 N–H and O–H groups in total. The molecule has 0 aliphatic heterocycles. The van der Waals surface area contributed by atoms with E-state index in [4.69, 9.17) is 29.9 Å². The average molecular weight is 1440 g/mol. The van der Waals surface area contributed by atoms with E-state index >= 15 is 0 Å². The van der Waals surface area contributed by atoms with Crippen molar-refractivity contribution in [1.29, 1.82) is 0 Å². The first-order valence-corrected chi connectivity index (χ1v) is 37.6. The number of fused-ring (bicyclic) bond motifs is 6. The smallest absolute Gasteiger partial charge is 0.164 e. The van der Waals surface area contributed by atoms with Gasteiger partial charge in [-0.2, -0.15) is 0 Å². The fourth-order valence-electron chi connectivity index (χ4n) is 15.3. The number of anilines is 6. The molecule has 10 nitrogen and oxygen atoms in total. The van der Waals surface area contributed by atoms with Crippen molar-refractivity contribution in [2.75, 3.05) is 9.80 Å². The van der Waals surface area contributed by atoms with E-state index in [0.717, 1.165) is 145 Å². The second-order valence-corrected chi connectivity index (χ2v) is 27.4. The molecule has 0 amide bonds. The Hall–Kier alpha value is -15.3. The third-order valence-corrected chi connectivity index (χ3v) is 20.5. The Morgan fingerprint density at radius 2 is 0.438 bits per heavy atom. The molecule has 20 rings (SSSR count). The van der Waals surface area contributed by atoms with Crippen molar-refractivity contribution in [2.45, 2.75) is 0 Å². The molecule has 0 unspecified atom stereocenters. The van der Waals surface area contributed by atoms with E-state index in [2.05, 4.69) is 383 Å². The summed E-state index contributed by atoms with van der Waals surface area (Å²) in [5.74, 6) is 3.77. The maximum absolute atomic E-state index is 5.24. The van der Waals surface area contributed by atoms with E-state index in [9.17, 15) is 0 Å². The van der Waals surface area contributed by atoms with E-state index in [1.165, 1.54) is 0 Å². The maximum Gasteiger partial charge on any atom is 0.164 e. The Balaban J connectivity index is 0.000000151. The number of benzene rings is 16. The first-order chi connectivity index (χ1) is 55.6. The van der Waals surface area contributed by atoms with Crippen LogP contribution >= 0.6 is 0 Å². The van der Waals surface area contributed by atoms with Gasteiger partial charge in [0.05, 0.1) is 22.1 Å². The lowest BCUT2D eigenvalue weighted by Gasteiger charge is -2.25. The molecule has 0 aliphatic rings. The lowest BCUT2D eigenvalue weighted by molar-refractivity contribution is 1.08. The summed E-state index contributed by atoms with van der Waals surface area (Å²) in [7, 11) is 0. The first-order valence-electron chi connectivity index (χ1n) is 37.6. The van der Waals surface area contributed by atoms with Gasteiger partial charge in [-0.05, 0) is 150 Å². The minimum absolute atomic E-state index is 0.621. The molecule has 16 aromatic carbocycles. The average Bonchev–Trinajstić information content (AvgIpc) is 1.58. The molecule has 10 heteroatoms. The maximum atomic E-state index is 5.24. The Morgan fingerprint density at radius 3 is 0.866 bits per heavy atom. The lowest BCUT2D eigenvalue weighted by Crippen LogP contribution is -2.09. The highest BCUT2D eigenvalue weighted by Gasteiger charge is 2.24. The van der Waals surface area contributed by atoms with Crippen LogP contribution < -0.4 is 9.80 Å². The first kappa shape index (κ1) is 67.4. The third kappa shape index (κ3) is 13.2. The van der Waals surface area contributed by atoms with Gasteiger partial charge in [-0.3, -0.25) is 0 Å². The number of hydrogen-bond acceptors (Lipinski definition) is 8. The van der Waals surface area contributed by atoms with Crippen LogP contribution in [0, 0.1) is 0 Å². The van der Waals surface area contributed by atoms with Gasteiger partial charge < -0.3 is 18.9 Å². The van der Waals surface area contributed by atoms with Crippen LogP contribution in [0.1, 0.15) is 0 Å². The van der Waals surface area contributed by atoms with Crippen molar-refractivity contribution in [1.82, 2.24) is 39.0 Å². The van der Waals surface area contributed by atoms with Crippen molar-refractivity contribution in [2.24, 2.45) is 0 Å². The third-order valence-electron chi connectivity index (χ3n) is 20.5. The fraction of sp³-hybridized carbons (Fsp3) is 0. The molecule has 0 saturated heterocycles. The van der Waals surface area contributed by atoms with Crippen molar-refractivity contribution < 1.29 is 0 Å². The number of rotatable bonds is 16. The summed E-state index contributed by atoms with van der Waals surface area (Å²) in [5, 5.41) is 4.51. The summed E-state index contributed by atoms with van der Waals surface area (Å²) in [6, 6.07) is 148. The van der Waals surface area contributed by atoms with Gasteiger partial charge in [-0.25, -0.2) is 29.9 Å². The highest BCUT2D eigenvalue weighted by atomic mass is 15.1. The highest BCUT2D eigenvalue weighted by Crippen LogP contribution is 2.43. The molecule has 0 spiro atoms. The Labute approximate surface area is 649 Å². The van der Waals surface area contributed by atoms with Gasteiger partial charge in [0.2, 0.25) is 0 Å². The van der Waals surface area contributed by atoms with Crippen LogP contribution in [0.5, 0.6) is 0 Å². The normalized spacial score (nSPS) is 11.2. The van der Waals surface area contributed by atoms with E-state index in [1.54, 1.807) is 0 Å². The molecule has 0 bridgehead atoms. The molecule has 0 radical (unpaired) electrons. The number of hydrogen-bond donors (Lipinski definition) is 0. The van der Waals surface area contributed by atoms with Crippen LogP contribution in [0.15, 0.2) is 425 Å². The Bertz CT molecular complexity index is 6630. The summed E-state index contributed by atoms with van der Waals surface area (Å²) in [5.41, 5.74) is 23.3. The van der Waals surface area contributed by atoms with Crippen LogP contribution in [0.25, 0.3) is 146 Å². The molecular weight excluding hydrogens is 1370 g/mol. The molecule has 0 fully saturated rings. The van der Waals surface area contributed by atoms with Gasteiger partial charge in [0.25, 0.3) is 0 Å². The predicted octanol–water partition coefficient (Wildman–Crippen LogP) is 26.2. The monoisotopic (exact) mass is 1430 g/mol. The highest BCUT2D eigenvalue weighted by molar-refractivity contribution is 6.16. The molecule has 0 aliphatic carbocycles. The minimum atomic E-state index is 0.621. The molecule has 528 valence electrons. The summed E-state index contributed by atoms with van der Waals surface area (Å²) in [6.45, 7) is 0. The molecule has 4 aromatic heterocycles. The zero-order valence-electron chi connectivity index (χ0n) is 60.9. The molecule has 112 heavy (non-hydrogen) atoms. The van der Waals surface area contributed by atoms with Gasteiger partial charge in [-0.15, -0.1) is 0 Å². The van der Waals surface area contributed by atoms with E-state index in [1.807, 2.05) is 60.7 Å². The number of para-hydroxylation sites is 8. The molecule has 0 atom stereocenters. The zero-order chi connectivity index (χ0) is 74.5. The van der Waals surface area contributed by atoms with Gasteiger partial charge >= 0.3 is 0 Å². The van der Waals surface area contributed by atoms with Crippen LogP contribution in [0.4, 0.5) is 34.1 Å². The van der Waals surface area contributed by atoms with Crippen molar-refractivity contribution in [3.63, 3.8) is 0 Å². The van der Waals surface area contributed by atoms with Gasteiger partial charge in [0, 0.05) is 100 Å². The van der Waals surface area contributed by atoms with Crippen LogP contribution in [0.3, 0.4) is 0 Å². The van der Waals surface area contributed by atoms with Crippen molar-refractivity contribution in [3.8, 4) is 102 Å². The van der Waals surface area contributed by atoms with Crippen molar-refractivity contribution >= 4 is 77.7 Å². The Kier molecular flexibility index (Phi) is 18.1. The molecular formula is C102H70N10. The summed E-state index contributed by atoms with van der Waals surface area (Å²) >= 11 is 0. The standard InChI is InChI=1S/2C51H35N5/c1-5-17-37(18-6-1)49-52-50(54-51(53-49)45-28-16-30-47-48(45)44-27-13-14-29-46(44)56(47)42-25-11-4-12-26-42)39-20-15-19-38(35-39)36-31-33-43(34-32-36)55(40-21-7-2-8-22-40)41-23-9-3-10-24-41;1-5-17-37(18-6-1)49-52-50(54-51(53-49)45-28-16-30-47-48(45)44-27-13-14-29-46(44)56(47)42-24-11-4-12-25-42)38-33-31-36(32-34-38)39-19-15-26-43(35-39)55(40-20-7-2-8-21-40)41-22-9-3-10-23-41/h2*1-35H. The number of nitrogens with zero attached hydrogens (tertiary/aromatic N) is 10. The summed E-state index contributed by atoms with van der Waals surface area (Å²) < 4.78 is 4.64. The molecule has 4 heterocycles. The lowest BCUT2D eigenvalue weighted by atomic mass is 10.0. The SMILES string of the molecule is c1ccc(-c2nc(-c3ccc(-c4cccc(N(c5ccccc5)c5ccccc5)c4)cc3)nc(-c3cccc4c3c3ccccc3n4-c3ccccc3)n2)cc1.c1ccc(-c2nc(-c3cccc(-c4ccc(N(c5ccccc5)c5ccccc5)cc4)c3)nc(-c3cccc4c3c3ccccc3n4-c3ccccc3)n2)cc1. The van der Waals surface area contributed by atoms with E-state index < -0.39 is 0 Å². The van der Waals surface area contributed by atoms with Crippen LogP contribution in [-0.2, 0) is 0 Å². The number of aromatic nitrogens is 8. The van der Waals surface area contributed by atoms with Gasteiger partial charge in [-0.1, -0.05) is 297 Å². The summed E-state index contributed by atoms with van der Waals surface area (Å²) in [4.78, 5) is 35.5. The minimum Gasteiger partial charge on any atom is -0.311 e. The molecule has 20 aromatic rings. The van der Waals surface area contributed by atoms with Crippen LogP contribution in [-0.4, -0.2) is 39.0 Å². The predicted molar refractivity (Wildman–Crippen MR) is 461 cm³/mol. The van der Waals surface area contributed by atoms with Crippen molar-refractivity contribution in [3.05, 3.63) is 425 Å². The second kappa shape index (κ2) is 30.2. The fourth-order valence-corrected chi connectivity index (χ4v) is 15.3. The van der Waals surface area contributed by atoms with E-state index in [0.29, 0.717) is 34.9 Å². The van der Waals surface area contributed by atoms with Crippen LogP contribution in [0.2, 0.25) is 0 Å². The topological polar surface area (TPSA) is 93.7 Å². The molecule has 0 saturated carbocycles. The quantitative estimate of drug-likeness (QED) is 0.0944. The van der Waals surface area contributed by atoms with E-state index in [-0.39, 0.29) is 0 Å². The summed E-state index contributed by atoms with van der Waals surface area (Å²) in [6.07, 6.45) is 0. The second-order valence-electron chi connectivity index (χ2n) is 27.4. The largest absolute Gasteiger partial charge is 0.311 e. The van der Waals surface area contributed by atoms with Gasteiger partial charge in [0.1, 0.15) is 0 Å². The Morgan fingerprint density at radius 1 is 0.170 bits per heavy atom.